The number of hydrogen-bond acceptors (Lipinski definition) is 6. The Morgan fingerprint density at radius 2 is 1.97 bits per heavy atom. The molecule has 0 spiro atoms. The zero-order chi connectivity index (χ0) is 24.3. The van der Waals surface area contributed by atoms with Crippen molar-refractivity contribution in [3.05, 3.63) is 40.2 Å². The van der Waals surface area contributed by atoms with Crippen LogP contribution >= 0.6 is 12.2 Å². The number of aromatic amines is 1. The fourth-order valence-electron chi connectivity index (χ4n) is 4.17. The van der Waals surface area contributed by atoms with E-state index in [1.54, 1.807) is 7.11 Å². The molecule has 1 saturated heterocycles. The fraction of sp³-hybridized carbons (Fsp3) is 0.600. The first-order valence-electron chi connectivity index (χ1n) is 12.3. The van der Waals surface area contributed by atoms with Crippen molar-refractivity contribution in [1.29, 1.82) is 0 Å². The van der Waals surface area contributed by atoms with Crippen LogP contribution in [-0.4, -0.2) is 97.5 Å². The van der Waals surface area contributed by atoms with E-state index in [1.807, 2.05) is 24.3 Å². The van der Waals surface area contributed by atoms with Gasteiger partial charge in [0.25, 0.3) is 5.56 Å². The van der Waals surface area contributed by atoms with Crippen LogP contribution in [0.2, 0.25) is 0 Å². The van der Waals surface area contributed by atoms with E-state index in [2.05, 4.69) is 38.8 Å². The van der Waals surface area contributed by atoms with Gasteiger partial charge in [0, 0.05) is 49.2 Å². The Labute approximate surface area is 208 Å². The lowest BCUT2D eigenvalue weighted by atomic mass is 10.1. The van der Waals surface area contributed by atoms with Crippen LogP contribution in [0.3, 0.4) is 0 Å². The number of benzene rings is 1. The highest BCUT2D eigenvalue weighted by atomic mass is 32.1. The van der Waals surface area contributed by atoms with Gasteiger partial charge in [-0.25, -0.2) is 0 Å². The number of ether oxygens (including phenoxy) is 2. The molecule has 1 aromatic carbocycles. The summed E-state index contributed by atoms with van der Waals surface area (Å²) in [5.74, 6) is 0.765. The standard InChI is InChI=1S/C25H39N5O3S/c1-4-28(5-2)11-12-30(25(34)26-9-6-10-29-13-15-33-16-14-29)19-21-17-20-18-22(32-3)7-8-23(20)27-24(21)31/h7-8,17-18H,4-6,9-16,19H2,1-3H3,(H,26,34)(H,27,31). The maximum absolute atomic E-state index is 12.8. The monoisotopic (exact) mass is 489 g/mol. The fourth-order valence-corrected chi connectivity index (χ4v) is 4.43. The van der Waals surface area contributed by atoms with Gasteiger partial charge in [-0.15, -0.1) is 0 Å². The zero-order valence-electron chi connectivity index (χ0n) is 20.8. The second-order valence-corrected chi connectivity index (χ2v) is 8.95. The summed E-state index contributed by atoms with van der Waals surface area (Å²) in [6, 6.07) is 7.61. The number of hydrogen-bond donors (Lipinski definition) is 2. The quantitative estimate of drug-likeness (QED) is 0.348. The number of aromatic nitrogens is 1. The average molecular weight is 490 g/mol. The molecule has 0 radical (unpaired) electrons. The molecule has 0 saturated carbocycles. The number of thiocarbonyl (C=S) groups is 1. The van der Waals surface area contributed by atoms with Crippen LogP contribution in [0, 0.1) is 0 Å². The highest BCUT2D eigenvalue weighted by Crippen LogP contribution is 2.19. The summed E-state index contributed by atoms with van der Waals surface area (Å²) in [5.41, 5.74) is 1.41. The number of nitrogens with one attached hydrogen (secondary N) is 2. The summed E-state index contributed by atoms with van der Waals surface area (Å²) in [7, 11) is 1.64. The number of H-pyrrole nitrogens is 1. The molecule has 8 nitrogen and oxygen atoms in total. The largest absolute Gasteiger partial charge is 0.497 e. The lowest BCUT2D eigenvalue weighted by Gasteiger charge is -2.29. The van der Waals surface area contributed by atoms with Crippen molar-refractivity contribution in [2.45, 2.75) is 26.8 Å². The maximum atomic E-state index is 12.8. The van der Waals surface area contributed by atoms with Gasteiger partial charge in [-0.3, -0.25) is 9.69 Å². The number of methoxy groups -OCH3 is 1. The molecule has 0 unspecified atom stereocenters. The summed E-state index contributed by atoms with van der Waals surface area (Å²) >= 11 is 5.78. The summed E-state index contributed by atoms with van der Waals surface area (Å²) in [6.45, 7) is 13.9. The van der Waals surface area contributed by atoms with Crippen LogP contribution < -0.4 is 15.6 Å². The number of likely N-dealkylation sites (N-methyl/N-ethyl adjacent to an activating group) is 1. The summed E-state index contributed by atoms with van der Waals surface area (Å²) in [5, 5.41) is 5.07. The Balaban J connectivity index is 1.67. The van der Waals surface area contributed by atoms with Gasteiger partial charge in [-0.2, -0.15) is 0 Å². The molecule has 2 heterocycles. The molecule has 2 aromatic rings. The van der Waals surface area contributed by atoms with Gasteiger partial charge in [0.05, 0.1) is 26.9 Å². The second kappa shape index (κ2) is 13.6. The molecule has 34 heavy (non-hydrogen) atoms. The summed E-state index contributed by atoms with van der Waals surface area (Å²) < 4.78 is 10.8. The average Bonchev–Trinajstić information content (AvgIpc) is 2.87. The molecule has 0 amide bonds. The Bertz CT molecular complexity index is 973. The molecule has 188 valence electrons. The van der Waals surface area contributed by atoms with E-state index >= 15 is 0 Å². The molecule has 3 rings (SSSR count). The normalized spacial score (nSPS) is 14.5. The minimum absolute atomic E-state index is 0.0828. The maximum Gasteiger partial charge on any atom is 0.253 e. The molecule has 1 fully saturated rings. The number of morpholine rings is 1. The van der Waals surface area contributed by atoms with Crippen molar-refractivity contribution >= 4 is 28.2 Å². The SMILES string of the molecule is CCN(CC)CCN(Cc1cc2cc(OC)ccc2[nH]c1=O)C(=S)NCCCN1CCOCC1. The Morgan fingerprint density at radius 3 is 2.68 bits per heavy atom. The Hall–Kier alpha value is -2.20. The van der Waals surface area contributed by atoms with E-state index in [4.69, 9.17) is 21.7 Å². The van der Waals surface area contributed by atoms with Crippen molar-refractivity contribution in [2.75, 3.05) is 72.7 Å². The van der Waals surface area contributed by atoms with Crippen molar-refractivity contribution in [1.82, 2.24) is 25.0 Å². The van der Waals surface area contributed by atoms with Crippen molar-refractivity contribution in [3.63, 3.8) is 0 Å². The predicted octanol–water partition coefficient (Wildman–Crippen LogP) is 2.28. The van der Waals surface area contributed by atoms with Crippen LogP contribution in [0.15, 0.2) is 29.1 Å². The van der Waals surface area contributed by atoms with Crippen molar-refractivity contribution < 1.29 is 9.47 Å². The van der Waals surface area contributed by atoms with Crippen LogP contribution in [0.25, 0.3) is 10.9 Å². The lowest BCUT2D eigenvalue weighted by molar-refractivity contribution is 0.0376. The van der Waals surface area contributed by atoms with Crippen LogP contribution in [-0.2, 0) is 11.3 Å². The third kappa shape index (κ3) is 7.66. The van der Waals surface area contributed by atoms with E-state index in [1.165, 1.54) is 0 Å². The zero-order valence-corrected chi connectivity index (χ0v) is 21.6. The molecular formula is C25H39N5O3S. The van der Waals surface area contributed by atoms with Crippen molar-refractivity contribution in [3.8, 4) is 5.75 Å². The number of fused-ring (bicyclic) bond motifs is 1. The molecule has 0 aliphatic carbocycles. The summed E-state index contributed by atoms with van der Waals surface area (Å²) in [6.07, 6.45) is 1.01. The first kappa shape index (κ1) is 26.4. The Morgan fingerprint density at radius 1 is 1.21 bits per heavy atom. The first-order valence-corrected chi connectivity index (χ1v) is 12.7. The molecule has 9 heteroatoms. The Kier molecular flexibility index (Phi) is 10.6. The minimum atomic E-state index is -0.0828. The van der Waals surface area contributed by atoms with Crippen molar-refractivity contribution in [2.24, 2.45) is 0 Å². The number of rotatable bonds is 12. The molecule has 2 N–H and O–H groups in total. The third-order valence-corrected chi connectivity index (χ3v) is 6.79. The summed E-state index contributed by atoms with van der Waals surface area (Å²) in [4.78, 5) is 22.7. The van der Waals surface area contributed by atoms with Gasteiger partial charge in [0.2, 0.25) is 0 Å². The third-order valence-electron chi connectivity index (χ3n) is 6.39. The van der Waals surface area contributed by atoms with Crippen LogP contribution in [0.1, 0.15) is 25.8 Å². The molecule has 1 aliphatic heterocycles. The molecule has 1 aromatic heterocycles. The second-order valence-electron chi connectivity index (χ2n) is 8.56. The van der Waals surface area contributed by atoms with E-state index < -0.39 is 0 Å². The number of pyridine rings is 1. The molecule has 0 bridgehead atoms. The van der Waals surface area contributed by atoms with Gasteiger partial charge in [-0.05, 0) is 62.5 Å². The lowest BCUT2D eigenvalue weighted by Crippen LogP contribution is -2.45. The van der Waals surface area contributed by atoms with Gasteiger partial charge in [0.15, 0.2) is 5.11 Å². The highest BCUT2D eigenvalue weighted by Gasteiger charge is 2.15. The highest BCUT2D eigenvalue weighted by molar-refractivity contribution is 7.80. The predicted molar refractivity (Wildman–Crippen MR) is 142 cm³/mol. The molecule has 0 atom stereocenters. The van der Waals surface area contributed by atoms with Gasteiger partial charge in [-0.1, -0.05) is 13.8 Å². The van der Waals surface area contributed by atoms with Gasteiger partial charge < -0.3 is 29.6 Å². The smallest absolute Gasteiger partial charge is 0.253 e. The van der Waals surface area contributed by atoms with E-state index in [0.717, 1.165) is 88.6 Å². The first-order chi connectivity index (χ1) is 16.5. The van der Waals surface area contributed by atoms with E-state index in [0.29, 0.717) is 17.2 Å². The van der Waals surface area contributed by atoms with Gasteiger partial charge in [0.1, 0.15) is 5.75 Å². The van der Waals surface area contributed by atoms with Gasteiger partial charge >= 0.3 is 0 Å². The van der Waals surface area contributed by atoms with Crippen LogP contribution in [0.4, 0.5) is 0 Å². The number of nitrogens with zero attached hydrogens (tertiary/aromatic N) is 3. The van der Waals surface area contributed by atoms with Crippen LogP contribution in [0.5, 0.6) is 5.75 Å². The topological polar surface area (TPSA) is 73.1 Å². The van der Waals surface area contributed by atoms with E-state index in [-0.39, 0.29) is 5.56 Å². The minimum Gasteiger partial charge on any atom is -0.497 e. The van der Waals surface area contributed by atoms with E-state index in [9.17, 15) is 4.79 Å². The molecular weight excluding hydrogens is 450 g/mol. The molecule has 1 aliphatic rings.